The van der Waals surface area contributed by atoms with Gasteiger partial charge in [-0.3, -0.25) is 4.79 Å². The van der Waals surface area contributed by atoms with Gasteiger partial charge in [-0.2, -0.15) is 5.26 Å². The molecule has 19 heavy (non-hydrogen) atoms. The summed E-state index contributed by atoms with van der Waals surface area (Å²) >= 11 is 5.61. The van der Waals surface area contributed by atoms with Crippen molar-refractivity contribution in [3.8, 4) is 6.07 Å². The number of halogens is 1. The summed E-state index contributed by atoms with van der Waals surface area (Å²) in [6.07, 6.45) is 9.77. The molecule has 0 aliphatic carbocycles. The van der Waals surface area contributed by atoms with E-state index in [1.165, 1.54) is 38.5 Å². The van der Waals surface area contributed by atoms with Gasteiger partial charge in [0.15, 0.2) is 0 Å². The van der Waals surface area contributed by atoms with Gasteiger partial charge in [0.1, 0.15) is 6.10 Å². The molecular weight excluding hydrogens is 262 g/mol. The molecule has 110 valence electrons. The lowest BCUT2D eigenvalue weighted by atomic mass is 10.1. The average molecular weight is 288 g/mol. The first-order chi connectivity index (χ1) is 9.24. The number of carbonyl (C=O) groups is 1. The van der Waals surface area contributed by atoms with Crippen LogP contribution in [0.25, 0.3) is 0 Å². The molecule has 0 aliphatic rings. The van der Waals surface area contributed by atoms with Crippen LogP contribution in [0.4, 0.5) is 0 Å². The molecule has 4 heteroatoms. The number of hydrogen-bond acceptors (Lipinski definition) is 3. The fourth-order valence-corrected chi connectivity index (χ4v) is 2.05. The first kappa shape index (κ1) is 18.2. The highest BCUT2D eigenvalue weighted by Gasteiger charge is 2.12. The molecule has 0 saturated heterocycles. The van der Waals surface area contributed by atoms with E-state index in [-0.39, 0.29) is 18.3 Å². The zero-order chi connectivity index (χ0) is 14.3. The number of ether oxygens (including phenoxy) is 1. The lowest BCUT2D eigenvalue weighted by Crippen LogP contribution is -2.19. The summed E-state index contributed by atoms with van der Waals surface area (Å²) in [5.74, 6) is -0.0385. The molecule has 0 aromatic heterocycles. The van der Waals surface area contributed by atoms with E-state index < -0.39 is 6.10 Å². The third kappa shape index (κ3) is 12.0. The molecule has 0 bridgehead atoms. The highest BCUT2D eigenvalue weighted by atomic mass is 35.5. The van der Waals surface area contributed by atoms with Crippen molar-refractivity contribution in [1.82, 2.24) is 0 Å². The molecular formula is C15H26ClNO2. The van der Waals surface area contributed by atoms with E-state index in [0.717, 1.165) is 12.8 Å². The first-order valence-electron chi connectivity index (χ1n) is 7.37. The Balaban J connectivity index is 3.40. The Morgan fingerprint density at radius 3 is 2.26 bits per heavy atom. The second-order valence-electron chi connectivity index (χ2n) is 4.85. The smallest absolute Gasteiger partial charge is 0.306 e. The minimum atomic E-state index is -0.451. The number of rotatable bonds is 12. The minimum absolute atomic E-state index is 0.173. The normalized spacial score (nSPS) is 11.8. The van der Waals surface area contributed by atoms with Crippen molar-refractivity contribution >= 4 is 17.6 Å². The largest absolute Gasteiger partial charge is 0.460 e. The molecule has 1 unspecified atom stereocenters. The monoisotopic (exact) mass is 287 g/mol. The van der Waals surface area contributed by atoms with Crippen molar-refractivity contribution in [2.45, 2.75) is 77.2 Å². The van der Waals surface area contributed by atoms with E-state index in [2.05, 4.69) is 6.92 Å². The lowest BCUT2D eigenvalue weighted by molar-refractivity contribution is -0.147. The SMILES string of the molecule is CCCCCCCCCCC(=O)OC(CCl)CC#N. The van der Waals surface area contributed by atoms with Crippen LogP contribution in [0.2, 0.25) is 0 Å². The number of nitriles is 1. The van der Waals surface area contributed by atoms with E-state index in [9.17, 15) is 4.79 Å². The van der Waals surface area contributed by atoms with Gasteiger partial charge >= 0.3 is 5.97 Å². The zero-order valence-electron chi connectivity index (χ0n) is 12.0. The fourth-order valence-electron chi connectivity index (χ4n) is 1.88. The van der Waals surface area contributed by atoms with E-state index in [0.29, 0.717) is 6.42 Å². The highest BCUT2D eigenvalue weighted by Crippen LogP contribution is 2.11. The van der Waals surface area contributed by atoms with Crippen molar-refractivity contribution in [1.29, 1.82) is 5.26 Å². The number of carbonyl (C=O) groups excluding carboxylic acids is 1. The fraction of sp³-hybridized carbons (Fsp3) is 0.867. The summed E-state index contributed by atoms with van der Waals surface area (Å²) in [6, 6.07) is 1.96. The second kappa shape index (κ2) is 13.7. The van der Waals surface area contributed by atoms with E-state index in [1.807, 2.05) is 6.07 Å². The van der Waals surface area contributed by atoms with Gasteiger partial charge in [-0.15, -0.1) is 11.6 Å². The molecule has 0 amide bonds. The summed E-state index contributed by atoms with van der Waals surface area (Å²) in [5.41, 5.74) is 0. The number of esters is 1. The van der Waals surface area contributed by atoms with Crippen LogP contribution in [0.3, 0.4) is 0 Å². The predicted octanol–water partition coefficient (Wildman–Crippen LogP) is 4.58. The zero-order valence-corrected chi connectivity index (χ0v) is 12.8. The standard InChI is InChI=1S/C15H26ClNO2/c1-2-3-4-5-6-7-8-9-10-15(18)19-14(13-16)11-12-17/h14H,2-11,13H2,1H3. The molecule has 0 spiro atoms. The summed E-state index contributed by atoms with van der Waals surface area (Å²) in [4.78, 5) is 11.5. The Labute approximate surface area is 122 Å². The van der Waals surface area contributed by atoms with Crippen molar-refractivity contribution in [2.24, 2.45) is 0 Å². The van der Waals surface area contributed by atoms with Gasteiger partial charge in [0.2, 0.25) is 0 Å². The van der Waals surface area contributed by atoms with Crippen LogP contribution < -0.4 is 0 Å². The Morgan fingerprint density at radius 1 is 1.16 bits per heavy atom. The third-order valence-corrected chi connectivity index (χ3v) is 3.37. The van der Waals surface area contributed by atoms with Crippen molar-refractivity contribution < 1.29 is 9.53 Å². The van der Waals surface area contributed by atoms with Gasteiger partial charge in [-0.1, -0.05) is 51.9 Å². The highest BCUT2D eigenvalue weighted by molar-refractivity contribution is 6.18. The maximum absolute atomic E-state index is 11.5. The number of hydrogen-bond donors (Lipinski definition) is 0. The van der Waals surface area contributed by atoms with Crippen LogP contribution in [0, 0.1) is 11.3 Å². The Morgan fingerprint density at radius 2 is 1.74 bits per heavy atom. The van der Waals surface area contributed by atoms with Crippen LogP contribution in [0.5, 0.6) is 0 Å². The molecule has 0 aliphatic heterocycles. The molecule has 0 N–H and O–H groups in total. The van der Waals surface area contributed by atoms with Gasteiger partial charge in [-0.05, 0) is 6.42 Å². The molecule has 0 heterocycles. The van der Waals surface area contributed by atoms with E-state index in [4.69, 9.17) is 21.6 Å². The van der Waals surface area contributed by atoms with Crippen LogP contribution >= 0.6 is 11.6 Å². The predicted molar refractivity (Wildman–Crippen MR) is 78.1 cm³/mol. The van der Waals surface area contributed by atoms with Crippen LogP contribution in [-0.4, -0.2) is 18.0 Å². The maximum Gasteiger partial charge on any atom is 0.306 e. The maximum atomic E-state index is 11.5. The van der Waals surface area contributed by atoms with Crippen LogP contribution in [-0.2, 0) is 9.53 Å². The molecule has 0 saturated carbocycles. The van der Waals surface area contributed by atoms with Crippen molar-refractivity contribution in [2.75, 3.05) is 5.88 Å². The van der Waals surface area contributed by atoms with Crippen LogP contribution in [0.1, 0.15) is 71.1 Å². The van der Waals surface area contributed by atoms with Gasteiger partial charge in [-0.25, -0.2) is 0 Å². The second-order valence-corrected chi connectivity index (χ2v) is 5.16. The van der Waals surface area contributed by atoms with Crippen molar-refractivity contribution in [3.63, 3.8) is 0 Å². The molecule has 0 fully saturated rings. The Kier molecular flexibility index (Phi) is 13.1. The Bertz CT molecular complexity index is 263. The molecule has 1 atom stereocenters. The first-order valence-corrected chi connectivity index (χ1v) is 7.90. The topological polar surface area (TPSA) is 50.1 Å². The number of alkyl halides is 1. The molecule has 0 aromatic carbocycles. The third-order valence-electron chi connectivity index (χ3n) is 3.02. The summed E-state index contributed by atoms with van der Waals surface area (Å²) < 4.78 is 5.11. The molecule has 3 nitrogen and oxygen atoms in total. The Hall–Kier alpha value is -0.750. The molecule has 0 rings (SSSR count). The molecule has 0 radical (unpaired) electrons. The van der Waals surface area contributed by atoms with Gasteiger partial charge in [0.05, 0.1) is 18.4 Å². The average Bonchev–Trinajstić information content (AvgIpc) is 2.41. The summed E-state index contributed by atoms with van der Waals surface area (Å²) in [6.45, 7) is 2.21. The van der Waals surface area contributed by atoms with Gasteiger partial charge in [0.25, 0.3) is 0 Å². The van der Waals surface area contributed by atoms with Gasteiger partial charge < -0.3 is 4.74 Å². The number of unbranched alkanes of at least 4 members (excludes halogenated alkanes) is 7. The summed E-state index contributed by atoms with van der Waals surface area (Å²) in [7, 11) is 0. The summed E-state index contributed by atoms with van der Waals surface area (Å²) in [5, 5.41) is 8.52. The minimum Gasteiger partial charge on any atom is -0.460 e. The van der Waals surface area contributed by atoms with Crippen molar-refractivity contribution in [3.05, 3.63) is 0 Å². The van der Waals surface area contributed by atoms with E-state index >= 15 is 0 Å². The number of nitrogens with zero attached hydrogens (tertiary/aromatic N) is 1. The van der Waals surface area contributed by atoms with E-state index in [1.54, 1.807) is 0 Å². The van der Waals surface area contributed by atoms with Gasteiger partial charge in [0, 0.05) is 6.42 Å². The quantitative estimate of drug-likeness (QED) is 0.300. The lowest BCUT2D eigenvalue weighted by Gasteiger charge is -2.11. The van der Waals surface area contributed by atoms with Crippen LogP contribution in [0.15, 0.2) is 0 Å². The molecule has 0 aromatic rings.